The van der Waals surface area contributed by atoms with Crippen LogP contribution in [0.1, 0.15) is 63.0 Å². The van der Waals surface area contributed by atoms with Crippen molar-refractivity contribution >= 4 is 57.6 Å². The van der Waals surface area contributed by atoms with Crippen LogP contribution in [0.3, 0.4) is 0 Å². The number of benzene rings is 2. The molecule has 0 aliphatic heterocycles. The normalized spacial score (nSPS) is 18.0. The van der Waals surface area contributed by atoms with Crippen LogP contribution in [0.4, 0.5) is 0 Å². The van der Waals surface area contributed by atoms with Crippen LogP contribution in [0.2, 0.25) is 10.0 Å². The zero-order valence-corrected chi connectivity index (χ0v) is 28.7. The summed E-state index contributed by atoms with van der Waals surface area (Å²) in [7, 11) is 1.47. The standard InChI is InChI=1S/C32H41Cl2IN2O7/c1-3-4-5-6-7-8-29(40)37(18-21-9-10-23(33)17-24(21)34)26-15-22(32(42)36-11-12-38)16-27(30(26)41)44-31-25(35)13-20(19-39)14-28(31)43-2/h9-10,13-14,16-17,26-27,30,38-39,41H,3-8,11-12,15,18-19H2,1-2H3,(H,36,42). The monoisotopic (exact) mass is 762 g/mol. The van der Waals surface area contributed by atoms with Crippen LogP contribution in [0.25, 0.3) is 0 Å². The molecular formula is C32H41Cl2IN2O7. The number of hydrogen-bond donors (Lipinski definition) is 4. The summed E-state index contributed by atoms with van der Waals surface area (Å²) in [6.45, 7) is 1.83. The van der Waals surface area contributed by atoms with E-state index in [0.29, 0.717) is 48.2 Å². The number of carbonyl (C=O) groups is 2. The first-order valence-electron chi connectivity index (χ1n) is 14.8. The predicted octanol–water partition coefficient (Wildman–Crippen LogP) is 5.40. The van der Waals surface area contributed by atoms with E-state index in [0.717, 1.165) is 25.7 Å². The third kappa shape index (κ3) is 9.95. The third-order valence-electron chi connectivity index (χ3n) is 7.51. The van der Waals surface area contributed by atoms with E-state index in [9.17, 15) is 24.9 Å². The fraction of sp³-hybridized carbons (Fsp3) is 0.500. The van der Waals surface area contributed by atoms with Gasteiger partial charge in [0.25, 0.3) is 0 Å². The van der Waals surface area contributed by atoms with Gasteiger partial charge in [0.1, 0.15) is 12.2 Å². The quantitative estimate of drug-likeness (QED) is 0.133. The molecule has 242 valence electrons. The number of methoxy groups -OCH3 is 1. The van der Waals surface area contributed by atoms with E-state index in [1.54, 1.807) is 41.3 Å². The summed E-state index contributed by atoms with van der Waals surface area (Å²) in [4.78, 5) is 28.6. The summed E-state index contributed by atoms with van der Waals surface area (Å²) in [5.74, 6) is 0.0731. The molecule has 0 saturated heterocycles. The second-order valence-corrected chi connectivity index (χ2v) is 12.7. The molecule has 12 heteroatoms. The van der Waals surface area contributed by atoms with E-state index in [1.807, 2.05) is 0 Å². The molecule has 9 nitrogen and oxygen atoms in total. The summed E-state index contributed by atoms with van der Waals surface area (Å²) < 4.78 is 12.5. The third-order valence-corrected chi connectivity index (χ3v) is 8.90. The number of rotatable bonds is 16. The Morgan fingerprint density at radius 2 is 1.86 bits per heavy atom. The lowest BCUT2D eigenvalue weighted by Gasteiger charge is -2.41. The van der Waals surface area contributed by atoms with Gasteiger partial charge in [-0.05, 0) is 70.5 Å². The van der Waals surface area contributed by atoms with Gasteiger partial charge >= 0.3 is 0 Å². The molecule has 4 N–H and O–H groups in total. The highest BCUT2D eigenvalue weighted by Gasteiger charge is 2.41. The average Bonchev–Trinajstić information content (AvgIpc) is 3.01. The highest BCUT2D eigenvalue weighted by Crippen LogP contribution is 2.37. The van der Waals surface area contributed by atoms with Crippen molar-refractivity contribution < 1.29 is 34.4 Å². The van der Waals surface area contributed by atoms with Crippen molar-refractivity contribution in [3.05, 3.63) is 66.7 Å². The summed E-state index contributed by atoms with van der Waals surface area (Å²) in [6.07, 6.45) is 4.43. The maximum Gasteiger partial charge on any atom is 0.247 e. The number of nitrogens with one attached hydrogen (secondary N) is 1. The van der Waals surface area contributed by atoms with E-state index in [-0.39, 0.29) is 45.1 Å². The number of hydrogen-bond acceptors (Lipinski definition) is 7. The number of aliphatic hydroxyl groups excluding tert-OH is 3. The van der Waals surface area contributed by atoms with Gasteiger partial charge in [-0.3, -0.25) is 9.59 Å². The van der Waals surface area contributed by atoms with Crippen molar-refractivity contribution in [2.45, 2.75) is 83.3 Å². The minimum Gasteiger partial charge on any atom is -0.493 e. The van der Waals surface area contributed by atoms with Crippen molar-refractivity contribution in [3.8, 4) is 11.5 Å². The maximum atomic E-state index is 13.8. The van der Waals surface area contributed by atoms with Crippen molar-refractivity contribution in [2.24, 2.45) is 0 Å². The van der Waals surface area contributed by atoms with E-state index in [1.165, 1.54) is 7.11 Å². The van der Waals surface area contributed by atoms with Gasteiger partial charge in [-0.2, -0.15) is 0 Å². The Bertz CT molecular complexity index is 1310. The van der Waals surface area contributed by atoms with Gasteiger partial charge in [-0.25, -0.2) is 0 Å². The van der Waals surface area contributed by atoms with Crippen molar-refractivity contribution in [2.75, 3.05) is 20.3 Å². The number of aliphatic hydroxyl groups is 3. The smallest absolute Gasteiger partial charge is 0.247 e. The fourth-order valence-electron chi connectivity index (χ4n) is 5.14. The number of amides is 2. The molecule has 44 heavy (non-hydrogen) atoms. The number of carbonyl (C=O) groups excluding carboxylic acids is 2. The number of nitrogens with zero attached hydrogens (tertiary/aromatic N) is 1. The molecule has 3 rings (SSSR count). The van der Waals surface area contributed by atoms with Crippen molar-refractivity contribution in [1.82, 2.24) is 10.2 Å². The molecule has 1 aliphatic rings. The van der Waals surface area contributed by atoms with Crippen molar-refractivity contribution in [1.29, 1.82) is 0 Å². The molecule has 2 aromatic rings. The first kappa shape index (κ1) is 36.4. The molecule has 0 radical (unpaired) electrons. The number of halogens is 3. The van der Waals surface area contributed by atoms with Crippen LogP contribution < -0.4 is 14.8 Å². The first-order valence-corrected chi connectivity index (χ1v) is 16.6. The molecule has 0 fully saturated rings. The number of ether oxygens (including phenoxy) is 2. The molecule has 2 amide bonds. The average molecular weight is 763 g/mol. The zero-order valence-electron chi connectivity index (χ0n) is 25.0. The van der Waals surface area contributed by atoms with Crippen LogP contribution in [0.5, 0.6) is 11.5 Å². The van der Waals surface area contributed by atoms with E-state index < -0.39 is 24.2 Å². The van der Waals surface area contributed by atoms with Gasteiger partial charge in [-0.1, -0.05) is 61.9 Å². The molecule has 1 aliphatic carbocycles. The fourth-order valence-corrected chi connectivity index (χ4v) is 6.40. The first-order chi connectivity index (χ1) is 21.1. The van der Waals surface area contributed by atoms with E-state index in [4.69, 9.17) is 32.7 Å². The largest absolute Gasteiger partial charge is 0.493 e. The Balaban J connectivity index is 2.01. The second kappa shape index (κ2) is 18.2. The maximum absolute atomic E-state index is 13.8. The second-order valence-electron chi connectivity index (χ2n) is 10.7. The van der Waals surface area contributed by atoms with Gasteiger partial charge < -0.3 is 35.0 Å². The van der Waals surface area contributed by atoms with Crippen LogP contribution in [0, 0.1) is 3.57 Å². The highest BCUT2D eigenvalue weighted by molar-refractivity contribution is 14.1. The Hall–Kier alpha value is -2.09. The predicted molar refractivity (Wildman–Crippen MR) is 179 cm³/mol. The topological polar surface area (TPSA) is 129 Å². The van der Waals surface area contributed by atoms with Gasteiger partial charge in [0.15, 0.2) is 11.5 Å². The van der Waals surface area contributed by atoms with Crippen LogP contribution >= 0.6 is 45.8 Å². The molecule has 0 saturated carbocycles. The molecule has 0 bridgehead atoms. The molecule has 2 aromatic carbocycles. The molecule has 3 atom stereocenters. The Morgan fingerprint density at radius 3 is 2.52 bits per heavy atom. The van der Waals surface area contributed by atoms with E-state index in [2.05, 4.69) is 34.8 Å². The lowest BCUT2D eigenvalue weighted by Crippen LogP contribution is -2.54. The highest BCUT2D eigenvalue weighted by atomic mass is 127. The van der Waals surface area contributed by atoms with Crippen LogP contribution in [-0.2, 0) is 22.7 Å². The lowest BCUT2D eigenvalue weighted by atomic mass is 9.87. The van der Waals surface area contributed by atoms with Crippen LogP contribution in [0.15, 0.2) is 42.0 Å². The van der Waals surface area contributed by atoms with Gasteiger partial charge in [0, 0.05) is 41.5 Å². The molecule has 0 heterocycles. The Morgan fingerprint density at radius 1 is 1.11 bits per heavy atom. The molecule has 0 aromatic heterocycles. The molecule has 0 spiro atoms. The molecule has 3 unspecified atom stereocenters. The zero-order chi connectivity index (χ0) is 32.2. The summed E-state index contributed by atoms with van der Waals surface area (Å²) in [6, 6.07) is 7.58. The summed E-state index contributed by atoms with van der Waals surface area (Å²) >= 11 is 14.7. The van der Waals surface area contributed by atoms with Gasteiger partial charge in [0.2, 0.25) is 11.8 Å². The van der Waals surface area contributed by atoms with Gasteiger partial charge in [-0.15, -0.1) is 0 Å². The minimum atomic E-state index is -1.22. The van der Waals surface area contributed by atoms with Crippen molar-refractivity contribution in [3.63, 3.8) is 0 Å². The SMILES string of the molecule is CCCCCCCC(=O)N(Cc1ccc(Cl)cc1Cl)C1CC(C(=O)NCCO)=CC(Oc2c(I)cc(CO)cc2OC)C1O. The van der Waals surface area contributed by atoms with E-state index >= 15 is 0 Å². The Kier molecular flexibility index (Phi) is 15.0. The summed E-state index contributed by atoms with van der Waals surface area (Å²) in [5, 5.41) is 34.2. The lowest BCUT2D eigenvalue weighted by molar-refractivity contribution is -0.139. The summed E-state index contributed by atoms with van der Waals surface area (Å²) in [5.41, 5.74) is 1.58. The Labute approximate surface area is 282 Å². The number of unbranched alkanes of at least 4 members (excludes halogenated alkanes) is 4. The van der Waals surface area contributed by atoms with Gasteiger partial charge in [0.05, 0.1) is 29.9 Å². The minimum absolute atomic E-state index is 0.0457. The molecular weight excluding hydrogens is 722 g/mol. The van der Waals surface area contributed by atoms with Crippen LogP contribution in [-0.4, -0.2) is 70.5 Å².